The van der Waals surface area contributed by atoms with Gasteiger partial charge in [0.25, 0.3) is 0 Å². The molecule has 0 unspecified atom stereocenters. The molecule has 2 rings (SSSR count). The molecule has 0 atom stereocenters. The van der Waals surface area contributed by atoms with Crippen LogP contribution in [0.3, 0.4) is 0 Å². The highest BCUT2D eigenvalue weighted by Gasteiger charge is 2.13. The Hall–Kier alpha value is -2.34. The van der Waals surface area contributed by atoms with Gasteiger partial charge in [0.05, 0.1) is 17.2 Å². The van der Waals surface area contributed by atoms with E-state index in [9.17, 15) is 8.42 Å². The van der Waals surface area contributed by atoms with E-state index in [0.29, 0.717) is 30.5 Å². The lowest BCUT2D eigenvalue weighted by Crippen LogP contribution is -2.39. The SMILES string of the molecule is CCNC(=NCc1ccccc1C)NCCS(=O)(=O)c1ccccc1. The Morgan fingerprint density at radius 1 is 1.00 bits per heavy atom. The molecule has 0 amide bonds. The standard InChI is InChI=1S/C19H25N3O2S/c1-3-20-19(22-15-17-10-8-7-9-16(17)2)21-13-14-25(23,24)18-11-5-4-6-12-18/h4-12H,3,13-15H2,1-2H3,(H2,20,21,22). The highest BCUT2D eigenvalue weighted by atomic mass is 32.2. The van der Waals surface area contributed by atoms with Gasteiger partial charge in [-0.05, 0) is 37.1 Å². The molecule has 5 nitrogen and oxygen atoms in total. The normalized spacial score (nSPS) is 12.0. The third-order valence-corrected chi connectivity index (χ3v) is 5.51. The van der Waals surface area contributed by atoms with Crippen LogP contribution >= 0.6 is 0 Å². The third kappa shape index (κ3) is 5.90. The summed E-state index contributed by atoms with van der Waals surface area (Å²) in [5.74, 6) is 0.639. The molecular formula is C19H25N3O2S. The van der Waals surface area contributed by atoms with Crippen molar-refractivity contribution in [3.63, 3.8) is 0 Å². The molecule has 2 aromatic rings. The molecule has 0 saturated carbocycles. The van der Waals surface area contributed by atoms with E-state index < -0.39 is 9.84 Å². The van der Waals surface area contributed by atoms with Crippen molar-refractivity contribution < 1.29 is 8.42 Å². The van der Waals surface area contributed by atoms with Gasteiger partial charge in [-0.3, -0.25) is 0 Å². The van der Waals surface area contributed by atoms with Crippen LogP contribution in [0.2, 0.25) is 0 Å². The molecule has 2 aromatic carbocycles. The van der Waals surface area contributed by atoms with Crippen LogP contribution in [0.1, 0.15) is 18.1 Å². The van der Waals surface area contributed by atoms with Crippen LogP contribution in [0.4, 0.5) is 0 Å². The van der Waals surface area contributed by atoms with E-state index in [1.807, 2.05) is 25.1 Å². The highest BCUT2D eigenvalue weighted by molar-refractivity contribution is 7.91. The van der Waals surface area contributed by atoms with E-state index in [1.54, 1.807) is 30.3 Å². The molecule has 0 aliphatic heterocycles. The zero-order chi connectivity index (χ0) is 18.1. The second kappa shape index (κ2) is 9.22. The van der Waals surface area contributed by atoms with Gasteiger partial charge in [0.15, 0.2) is 15.8 Å². The van der Waals surface area contributed by atoms with Gasteiger partial charge in [-0.25, -0.2) is 13.4 Å². The van der Waals surface area contributed by atoms with Crippen LogP contribution in [0, 0.1) is 6.92 Å². The molecule has 0 radical (unpaired) electrons. The Labute approximate surface area is 150 Å². The summed E-state index contributed by atoms with van der Waals surface area (Å²) in [5.41, 5.74) is 2.34. The molecule has 0 aromatic heterocycles. The van der Waals surface area contributed by atoms with Crippen LogP contribution in [0.25, 0.3) is 0 Å². The van der Waals surface area contributed by atoms with Gasteiger partial charge in [0.1, 0.15) is 0 Å². The molecule has 2 N–H and O–H groups in total. The van der Waals surface area contributed by atoms with Crippen LogP contribution in [-0.4, -0.2) is 33.2 Å². The third-order valence-electron chi connectivity index (χ3n) is 3.78. The number of benzene rings is 2. The van der Waals surface area contributed by atoms with Crippen molar-refractivity contribution >= 4 is 15.8 Å². The summed E-state index contributed by atoms with van der Waals surface area (Å²) in [6, 6.07) is 16.6. The highest BCUT2D eigenvalue weighted by Crippen LogP contribution is 2.09. The first-order chi connectivity index (χ1) is 12.0. The fourth-order valence-electron chi connectivity index (χ4n) is 2.34. The molecule has 0 aliphatic carbocycles. The molecule has 0 heterocycles. The average molecular weight is 359 g/mol. The van der Waals surface area contributed by atoms with Gasteiger partial charge in [-0.2, -0.15) is 0 Å². The number of nitrogens with one attached hydrogen (secondary N) is 2. The monoisotopic (exact) mass is 359 g/mol. The first-order valence-electron chi connectivity index (χ1n) is 8.37. The van der Waals surface area contributed by atoms with Crippen LogP contribution < -0.4 is 10.6 Å². The van der Waals surface area contributed by atoms with Crippen molar-refractivity contribution in [3.05, 3.63) is 65.7 Å². The Balaban J connectivity index is 1.95. The predicted octanol–water partition coefficient (Wildman–Crippen LogP) is 2.52. The van der Waals surface area contributed by atoms with Gasteiger partial charge in [0.2, 0.25) is 0 Å². The van der Waals surface area contributed by atoms with Gasteiger partial charge >= 0.3 is 0 Å². The van der Waals surface area contributed by atoms with Crippen LogP contribution in [-0.2, 0) is 16.4 Å². The van der Waals surface area contributed by atoms with Crippen molar-refractivity contribution in [2.24, 2.45) is 4.99 Å². The molecule has 0 spiro atoms. The summed E-state index contributed by atoms with van der Waals surface area (Å²) < 4.78 is 24.6. The molecular weight excluding hydrogens is 334 g/mol. The van der Waals surface area contributed by atoms with Gasteiger partial charge in [0, 0.05) is 13.1 Å². The Morgan fingerprint density at radius 3 is 2.36 bits per heavy atom. The molecule has 25 heavy (non-hydrogen) atoms. The fourth-order valence-corrected chi connectivity index (χ4v) is 3.52. The fraction of sp³-hybridized carbons (Fsp3) is 0.316. The summed E-state index contributed by atoms with van der Waals surface area (Å²) in [5, 5.41) is 6.24. The maximum Gasteiger partial charge on any atom is 0.191 e. The minimum Gasteiger partial charge on any atom is -0.357 e. The topological polar surface area (TPSA) is 70.6 Å². The van der Waals surface area contributed by atoms with Crippen molar-refractivity contribution in [1.82, 2.24) is 10.6 Å². The zero-order valence-corrected chi connectivity index (χ0v) is 15.5. The van der Waals surface area contributed by atoms with E-state index in [-0.39, 0.29) is 5.75 Å². The maximum atomic E-state index is 12.3. The predicted molar refractivity (Wildman–Crippen MR) is 102 cm³/mol. The molecule has 0 saturated heterocycles. The maximum absolute atomic E-state index is 12.3. The quantitative estimate of drug-likeness (QED) is 0.589. The van der Waals surface area contributed by atoms with Gasteiger partial charge < -0.3 is 10.6 Å². The minimum absolute atomic E-state index is 0.0196. The molecule has 0 bridgehead atoms. The lowest BCUT2D eigenvalue weighted by molar-refractivity contribution is 0.594. The average Bonchev–Trinajstić information content (AvgIpc) is 2.61. The lowest BCUT2D eigenvalue weighted by Gasteiger charge is -2.12. The summed E-state index contributed by atoms with van der Waals surface area (Å²) >= 11 is 0. The number of guanidine groups is 1. The second-order valence-electron chi connectivity index (χ2n) is 5.68. The van der Waals surface area contributed by atoms with E-state index in [2.05, 4.69) is 28.6 Å². The van der Waals surface area contributed by atoms with E-state index >= 15 is 0 Å². The number of sulfone groups is 1. The Bertz CT molecular complexity index is 802. The van der Waals surface area contributed by atoms with Crippen LogP contribution in [0.5, 0.6) is 0 Å². The zero-order valence-electron chi connectivity index (χ0n) is 14.7. The largest absolute Gasteiger partial charge is 0.357 e. The number of nitrogens with zero attached hydrogens (tertiary/aromatic N) is 1. The van der Waals surface area contributed by atoms with E-state index in [1.165, 1.54) is 5.56 Å². The Kier molecular flexibility index (Phi) is 7.01. The summed E-state index contributed by atoms with van der Waals surface area (Å²) in [4.78, 5) is 4.88. The first-order valence-corrected chi connectivity index (χ1v) is 10.0. The minimum atomic E-state index is -3.29. The molecule has 0 aliphatic rings. The summed E-state index contributed by atoms with van der Waals surface area (Å²) in [6.45, 7) is 5.60. The molecule has 6 heteroatoms. The van der Waals surface area contributed by atoms with Crippen molar-refractivity contribution in [2.45, 2.75) is 25.3 Å². The van der Waals surface area contributed by atoms with Crippen molar-refractivity contribution in [3.8, 4) is 0 Å². The van der Waals surface area contributed by atoms with Crippen molar-refractivity contribution in [1.29, 1.82) is 0 Å². The summed E-state index contributed by atoms with van der Waals surface area (Å²) in [7, 11) is -3.29. The van der Waals surface area contributed by atoms with Gasteiger partial charge in [-0.15, -0.1) is 0 Å². The van der Waals surface area contributed by atoms with Crippen LogP contribution in [0.15, 0.2) is 64.5 Å². The number of aryl methyl sites for hydroxylation is 1. The number of hydrogen-bond acceptors (Lipinski definition) is 3. The number of hydrogen-bond donors (Lipinski definition) is 2. The summed E-state index contributed by atoms with van der Waals surface area (Å²) in [6.07, 6.45) is 0. The smallest absolute Gasteiger partial charge is 0.191 e. The molecule has 0 fully saturated rings. The van der Waals surface area contributed by atoms with Crippen molar-refractivity contribution in [2.75, 3.05) is 18.8 Å². The van der Waals surface area contributed by atoms with E-state index in [0.717, 1.165) is 5.56 Å². The lowest BCUT2D eigenvalue weighted by atomic mass is 10.1. The molecule has 134 valence electrons. The van der Waals surface area contributed by atoms with E-state index in [4.69, 9.17) is 0 Å². The number of aliphatic imine (C=N–C) groups is 1. The van der Waals surface area contributed by atoms with Gasteiger partial charge in [-0.1, -0.05) is 42.5 Å². The second-order valence-corrected chi connectivity index (χ2v) is 7.79. The Morgan fingerprint density at radius 2 is 1.68 bits per heavy atom. The first kappa shape index (κ1) is 19.0. The number of rotatable bonds is 7.